The van der Waals surface area contributed by atoms with E-state index in [0.29, 0.717) is 23.5 Å². The van der Waals surface area contributed by atoms with Gasteiger partial charge in [-0.1, -0.05) is 18.2 Å². The van der Waals surface area contributed by atoms with Gasteiger partial charge in [0.05, 0.1) is 6.10 Å². The molecule has 0 saturated carbocycles. The topological polar surface area (TPSA) is 76.0 Å². The number of benzene rings is 2. The smallest absolute Gasteiger partial charge is 0.308 e. The van der Waals surface area contributed by atoms with Gasteiger partial charge in [-0.05, 0) is 29.3 Å². The highest BCUT2D eigenvalue weighted by Gasteiger charge is 2.30. The minimum Gasteiger partial charge on any atom is -0.508 e. The Balaban J connectivity index is 1.91. The van der Waals surface area contributed by atoms with E-state index in [1.807, 2.05) is 0 Å². The third kappa shape index (κ3) is 2.89. The van der Waals surface area contributed by atoms with E-state index in [4.69, 9.17) is 9.47 Å². The average Bonchev–Trinajstić information content (AvgIpc) is 2.46. The molecule has 0 bridgehead atoms. The first-order valence-electron chi connectivity index (χ1n) is 6.98. The number of carbonyl (C=O) groups is 1. The number of rotatable bonds is 2. The van der Waals surface area contributed by atoms with Crippen LogP contribution in [0.5, 0.6) is 17.2 Å². The highest BCUT2D eigenvalue weighted by atomic mass is 16.5. The Morgan fingerprint density at radius 2 is 2.09 bits per heavy atom. The first-order valence-corrected chi connectivity index (χ1v) is 6.98. The SMILES string of the molecule is CC(=O)Oc1ccc2c(c1)O[C@H](c1cccc(O)c1)[C@H](O)C2. The van der Waals surface area contributed by atoms with Gasteiger partial charge in [-0.15, -0.1) is 0 Å². The van der Waals surface area contributed by atoms with Gasteiger partial charge in [-0.2, -0.15) is 0 Å². The summed E-state index contributed by atoms with van der Waals surface area (Å²) in [5.41, 5.74) is 1.54. The lowest BCUT2D eigenvalue weighted by Gasteiger charge is -2.31. The molecule has 3 rings (SSSR count). The highest BCUT2D eigenvalue weighted by molar-refractivity contribution is 5.69. The van der Waals surface area contributed by atoms with Gasteiger partial charge in [-0.25, -0.2) is 0 Å². The summed E-state index contributed by atoms with van der Waals surface area (Å²) in [6.45, 7) is 1.33. The number of aliphatic hydroxyl groups excluding tert-OH is 1. The Bertz CT molecular complexity index is 710. The van der Waals surface area contributed by atoms with Crippen LogP contribution in [0, 0.1) is 0 Å². The van der Waals surface area contributed by atoms with Gasteiger partial charge < -0.3 is 19.7 Å². The van der Waals surface area contributed by atoms with E-state index in [9.17, 15) is 15.0 Å². The van der Waals surface area contributed by atoms with Crippen LogP contribution < -0.4 is 9.47 Å². The Hall–Kier alpha value is -2.53. The maximum absolute atomic E-state index is 11.0. The fraction of sp³-hybridized carbons (Fsp3) is 0.235. The molecule has 2 atom stereocenters. The second kappa shape index (κ2) is 5.69. The third-order valence-corrected chi connectivity index (χ3v) is 3.53. The maximum atomic E-state index is 11.0. The number of ether oxygens (including phenoxy) is 2. The second-order valence-electron chi connectivity index (χ2n) is 5.27. The predicted octanol–water partition coefficient (Wildman–Crippen LogP) is 2.35. The number of hydrogen-bond acceptors (Lipinski definition) is 5. The molecule has 22 heavy (non-hydrogen) atoms. The molecular formula is C17H16O5. The largest absolute Gasteiger partial charge is 0.508 e. The summed E-state index contributed by atoms with van der Waals surface area (Å²) in [7, 11) is 0. The van der Waals surface area contributed by atoms with E-state index in [1.54, 1.807) is 42.5 Å². The van der Waals surface area contributed by atoms with E-state index >= 15 is 0 Å². The molecule has 0 amide bonds. The van der Waals surface area contributed by atoms with E-state index in [0.717, 1.165) is 5.56 Å². The zero-order chi connectivity index (χ0) is 15.7. The molecule has 5 heteroatoms. The molecule has 0 saturated heterocycles. The van der Waals surface area contributed by atoms with Crippen molar-refractivity contribution in [3.8, 4) is 17.2 Å². The van der Waals surface area contributed by atoms with Crippen molar-refractivity contribution in [2.45, 2.75) is 25.6 Å². The quantitative estimate of drug-likeness (QED) is 0.657. The molecule has 1 heterocycles. The van der Waals surface area contributed by atoms with Gasteiger partial charge in [-0.3, -0.25) is 4.79 Å². The number of esters is 1. The van der Waals surface area contributed by atoms with Crippen molar-refractivity contribution >= 4 is 5.97 Å². The molecule has 2 aromatic carbocycles. The molecule has 2 aromatic rings. The Labute approximate surface area is 127 Å². The predicted molar refractivity (Wildman–Crippen MR) is 78.9 cm³/mol. The number of hydrogen-bond donors (Lipinski definition) is 2. The van der Waals surface area contributed by atoms with Gasteiger partial charge in [0.25, 0.3) is 0 Å². The number of phenols is 1. The molecule has 0 aliphatic carbocycles. The second-order valence-corrected chi connectivity index (χ2v) is 5.27. The first kappa shape index (κ1) is 14.4. The van der Waals surface area contributed by atoms with Crippen LogP contribution in [-0.2, 0) is 11.2 Å². The first-order chi connectivity index (χ1) is 10.5. The molecule has 1 aliphatic heterocycles. The zero-order valence-electron chi connectivity index (χ0n) is 12.0. The molecule has 1 aliphatic rings. The van der Waals surface area contributed by atoms with Crippen LogP contribution in [0.2, 0.25) is 0 Å². The number of carbonyl (C=O) groups excluding carboxylic acids is 1. The molecule has 2 N–H and O–H groups in total. The van der Waals surface area contributed by atoms with Crippen molar-refractivity contribution in [1.29, 1.82) is 0 Å². The minimum absolute atomic E-state index is 0.118. The van der Waals surface area contributed by atoms with Crippen LogP contribution >= 0.6 is 0 Å². The molecule has 0 aromatic heterocycles. The Morgan fingerprint density at radius 3 is 2.82 bits per heavy atom. The van der Waals surface area contributed by atoms with E-state index in [1.165, 1.54) is 6.92 Å². The fourth-order valence-electron chi connectivity index (χ4n) is 2.58. The number of aromatic hydroxyl groups is 1. The summed E-state index contributed by atoms with van der Waals surface area (Å²) >= 11 is 0. The summed E-state index contributed by atoms with van der Waals surface area (Å²) in [4.78, 5) is 11.0. The monoisotopic (exact) mass is 300 g/mol. The van der Waals surface area contributed by atoms with Crippen molar-refractivity contribution in [2.75, 3.05) is 0 Å². The molecule has 5 nitrogen and oxygen atoms in total. The normalized spacial score (nSPS) is 19.9. The summed E-state index contributed by atoms with van der Waals surface area (Å²) in [6, 6.07) is 11.7. The number of phenolic OH excluding ortho intramolecular Hbond substituents is 1. The molecule has 0 fully saturated rings. The van der Waals surface area contributed by atoms with E-state index in [-0.39, 0.29) is 5.75 Å². The molecule has 0 radical (unpaired) electrons. The van der Waals surface area contributed by atoms with Crippen molar-refractivity contribution in [3.05, 3.63) is 53.6 Å². The summed E-state index contributed by atoms with van der Waals surface area (Å²) < 4.78 is 10.9. The van der Waals surface area contributed by atoms with Crippen LogP contribution in [0.15, 0.2) is 42.5 Å². The van der Waals surface area contributed by atoms with E-state index < -0.39 is 18.2 Å². The van der Waals surface area contributed by atoms with E-state index in [2.05, 4.69) is 0 Å². The van der Waals surface area contributed by atoms with Crippen LogP contribution in [0.1, 0.15) is 24.2 Å². The van der Waals surface area contributed by atoms with Crippen LogP contribution in [0.4, 0.5) is 0 Å². The van der Waals surface area contributed by atoms with Crippen molar-refractivity contribution in [3.63, 3.8) is 0 Å². The van der Waals surface area contributed by atoms with Gasteiger partial charge >= 0.3 is 5.97 Å². The molecule has 114 valence electrons. The highest BCUT2D eigenvalue weighted by Crippen LogP contribution is 2.37. The lowest BCUT2D eigenvalue weighted by Crippen LogP contribution is -2.30. The fourth-order valence-corrected chi connectivity index (χ4v) is 2.58. The van der Waals surface area contributed by atoms with Crippen LogP contribution in [0.25, 0.3) is 0 Å². The zero-order valence-corrected chi connectivity index (χ0v) is 12.0. The Morgan fingerprint density at radius 1 is 1.27 bits per heavy atom. The minimum atomic E-state index is -0.714. The summed E-state index contributed by atoms with van der Waals surface area (Å²) in [5.74, 6) is 0.683. The van der Waals surface area contributed by atoms with Crippen LogP contribution in [-0.4, -0.2) is 22.3 Å². The van der Waals surface area contributed by atoms with Gasteiger partial charge in [0.2, 0.25) is 0 Å². The van der Waals surface area contributed by atoms with Crippen molar-refractivity contribution in [1.82, 2.24) is 0 Å². The van der Waals surface area contributed by atoms with Gasteiger partial charge in [0.1, 0.15) is 23.4 Å². The van der Waals surface area contributed by atoms with Gasteiger partial charge in [0, 0.05) is 19.4 Å². The third-order valence-electron chi connectivity index (χ3n) is 3.53. The maximum Gasteiger partial charge on any atom is 0.308 e. The van der Waals surface area contributed by atoms with Gasteiger partial charge in [0.15, 0.2) is 0 Å². The molecular weight excluding hydrogens is 284 g/mol. The van der Waals surface area contributed by atoms with Crippen molar-refractivity contribution < 1.29 is 24.5 Å². The number of fused-ring (bicyclic) bond motifs is 1. The van der Waals surface area contributed by atoms with Crippen molar-refractivity contribution in [2.24, 2.45) is 0 Å². The lowest BCUT2D eigenvalue weighted by atomic mass is 9.94. The lowest BCUT2D eigenvalue weighted by molar-refractivity contribution is -0.131. The van der Waals surface area contributed by atoms with Crippen LogP contribution in [0.3, 0.4) is 0 Å². The number of aliphatic hydroxyl groups is 1. The molecule has 0 spiro atoms. The summed E-state index contributed by atoms with van der Waals surface area (Å²) in [5, 5.41) is 19.9. The standard InChI is InChI=1S/C17H16O5/c1-10(18)21-14-6-5-11-8-15(20)17(22-16(11)9-14)12-3-2-4-13(19)7-12/h2-7,9,15,17,19-20H,8H2,1H3/t15-,17-/m1/s1. The average molecular weight is 300 g/mol. The summed E-state index contributed by atoms with van der Waals surface area (Å²) in [6.07, 6.45) is -0.864. The Kier molecular flexibility index (Phi) is 3.73. The molecule has 0 unspecified atom stereocenters.